The van der Waals surface area contributed by atoms with Crippen LogP contribution in [-0.2, 0) is 6.54 Å². The van der Waals surface area contributed by atoms with Crippen molar-refractivity contribution in [3.63, 3.8) is 0 Å². The Kier molecular flexibility index (Phi) is 3.98. The minimum atomic E-state index is 0.699. The summed E-state index contributed by atoms with van der Waals surface area (Å²) in [5, 5.41) is 3.72. The van der Waals surface area contributed by atoms with Gasteiger partial charge in [-0.05, 0) is 31.6 Å². The number of nitrogens with one attached hydrogen (secondary N) is 1. The van der Waals surface area contributed by atoms with Gasteiger partial charge in [0, 0.05) is 17.5 Å². The van der Waals surface area contributed by atoms with Crippen LogP contribution < -0.4 is 5.32 Å². The van der Waals surface area contributed by atoms with Gasteiger partial charge >= 0.3 is 0 Å². The summed E-state index contributed by atoms with van der Waals surface area (Å²) in [5.74, 6) is 1.71. The van der Waals surface area contributed by atoms with Crippen LogP contribution in [0.4, 0.5) is 0 Å². The lowest BCUT2D eigenvalue weighted by molar-refractivity contribution is 0.228. The van der Waals surface area contributed by atoms with Crippen LogP contribution in [0.5, 0.6) is 0 Å². The quantitative estimate of drug-likeness (QED) is 0.873. The molecule has 1 aliphatic rings. The summed E-state index contributed by atoms with van der Waals surface area (Å²) in [5.41, 5.74) is 3.13. The molecule has 0 bridgehead atoms. The SMILES string of the molecule is Cc1ncsc1CNC1CC(C)CCC1C. The molecule has 3 unspecified atom stereocenters. The normalized spacial score (nSPS) is 30.6. The van der Waals surface area contributed by atoms with Crippen LogP contribution in [0.25, 0.3) is 0 Å². The number of hydrogen-bond acceptors (Lipinski definition) is 3. The minimum Gasteiger partial charge on any atom is -0.309 e. The van der Waals surface area contributed by atoms with Crippen LogP contribution in [-0.4, -0.2) is 11.0 Å². The van der Waals surface area contributed by atoms with Crippen molar-refractivity contribution in [1.82, 2.24) is 10.3 Å². The van der Waals surface area contributed by atoms with Gasteiger partial charge in [-0.3, -0.25) is 0 Å². The number of rotatable bonds is 3. The van der Waals surface area contributed by atoms with Crippen molar-refractivity contribution in [2.75, 3.05) is 0 Å². The van der Waals surface area contributed by atoms with Gasteiger partial charge in [0.1, 0.15) is 0 Å². The average molecular weight is 238 g/mol. The summed E-state index contributed by atoms with van der Waals surface area (Å²) >= 11 is 1.77. The molecule has 3 atom stereocenters. The van der Waals surface area contributed by atoms with E-state index in [0.29, 0.717) is 6.04 Å². The van der Waals surface area contributed by atoms with E-state index in [1.807, 2.05) is 5.51 Å². The lowest BCUT2D eigenvalue weighted by atomic mass is 9.80. The molecule has 0 aromatic carbocycles. The summed E-state index contributed by atoms with van der Waals surface area (Å²) in [7, 11) is 0. The first-order valence-electron chi connectivity index (χ1n) is 6.29. The van der Waals surface area contributed by atoms with E-state index in [-0.39, 0.29) is 0 Å². The van der Waals surface area contributed by atoms with E-state index in [9.17, 15) is 0 Å². The highest BCUT2D eigenvalue weighted by Crippen LogP contribution is 2.28. The Morgan fingerprint density at radius 3 is 2.94 bits per heavy atom. The zero-order chi connectivity index (χ0) is 11.5. The average Bonchev–Trinajstić information content (AvgIpc) is 2.66. The number of aromatic nitrogens is 1. The lowest BCUT2D eigenvalue weighted by Crippen LogP contribution is -2.39. The summed E-state index contributed by atoms with van der Waals surface area (Å²) in [6.07, 6.45) is 4.11. The van der Waals surface area contributed by atoms with Crippen molar-refractivity contribution in [2.45, 2.75) is 52.6 Å². The largest absolute Gasteiger partial charge is 0.309 e. The maximum atomic E-state index is 4.29. The highest BCUT2D eigenvalue weighted by Gasteiger charge is 2.24. The molecule has 1 saturated carbocycles. The van der Waals surface area contributed by atoms with Crippen LogP contribution in [0.2, 0.25) is 0 Å². The van der Waals surface area contributed by atoms with E-state index in [2.05, 4.69) is 31.1 Å². The van der Waals surface area contributed by atoms with Gasteiger partial charge in [-0.1, -0.05) is 20.3 Å². The van der Waals surface area contributed by atoms with Gasteiger partial charge in [0.15, 0.2) is 0 Å². The first kappa shape index (κ1) is 12.1. The maximum Gasteiger partial charge on any atom is 0.0798 e. The Morgan fingerprint density at radius 1 is 1.44 bits per heavy atom. The zero-order valence-electron chi connectivity index (χ0n) is 10.5. The third-order valence-corrected chi connectivity index (χ3v) is 4.76. The molecule has 1 aromatic heterocycles. The smallest absolute Gasteiger partial charge is 0.0798 e. The van der Waals surface area contributed by atoms with Crippen molar-refractivity contribution < 1.29 is 0 Å². The first-order valence-corrected chi connectivity index (χ1v) is 7.17. The van der Waals surface area contributed by atoms with Crippen molar-refractivity contribution in [1.29, 1.82) is 0 Å². The van der Waals surface area contributed by atoms with Gasteiger partial charge < -0.3 is 5.32 Å². The van der Waals surface area contributed by atoms with Crippen LogP contribution in [0.15, 0.2) is 5.51 Å². The molecule has 1 heterocycles. The van der Waals surface area contributed by atoms with Crippen LogP contribution in [0.3, 0.4) is 0 Å². The molecule has 2 nitrogen and oxygen atoms in total. The second kappa shape index (κ2) is 5.28. The van der Waals surface area contributed by atoms with Crippen molar-refractivity contribution in [3.8, 4) is 0 Å². The predicted molar refractivity (Wildman–Crippen MR) is 69.7 cm³/mol. The van der Waals surface area contributed by atoms with Gasteiger partial charge in [-0.15, -0.1) is 11.3 Å². The van der Waals surface area contributed by atoms with E-state index in [0.717, 1.165) is 18.4 Å². The van der Waals surface area contributed by atoms with Gasteiger partial charge in [-0.25, -0.2) is 4.98 Å². The van der Waals surface area contributed by atoms with Crippen molar-refractivity contribution in [3.05, 3.63) is 16.1 Å². The zero-order valence-corrected chi connectivity index (χ0v) is 11.3. The lowest BCUT2D eigenvalue weighted by Gasteiger charge is -2.33. The molecule has 3 heteroatoms. The van der Waals surface area contributed by atoms with Crippen molar-refractivity contribution in [2.24, 2.45) is 11.8 Å². The predicted octanol–water partition coefficient (Wildman–Crippen LogP) is 3.37. The monoisotopic (exact) mass is 238 g/mol. The molecule has 0 aliphatic heterocycles. The Hall–Kier alpha value is -0.410. The molecule has 1 fully saturated rings. The third kappa shape index (κ3) is 2.83. The molecule has 16 heavy (non-hydrogen) atoms. The molecule has 0 amide bonds. The Labute approximate surface area is 102 Å². The van der Waals surface area contributed by atoms with Gasteiger partial charge in [-0.2, -0.15) is 0 Å². The molecule has 0 saturated heterocycles. The third-order valence-electron chi connectivity index (χ3n) is 3.83. The van der Waals surface area contributed by atoms with E-state index in [1.54, 1.807) is 11.3 Å². The molecule has 90 valence electrons. The Bertz CT molecular complexity index is 334. The highest BCUT2D eigenvalue weighted by molar-refractivity contribution is 7.09. The standard InChI is InChI=1S/C13H22N2S/c1-9-4-5-10(2)12(6-9)14-7-13-11(3)15-8-16-13/h8-10,12,14H,4-7H2,1-3H3. The van der Waals surface area contributed by atoms with E-state index in [4.69, 9.17) is 0 Å². The van der Waals surface area contributed by atoms with Crippen LogP contribution in [0.1, 0.15) is 43.7 Å². The summed E-state index contributed by atoms with van der Waals surface area (Å²) in [4.78, 5) is 5.69. The Balaban J connectivity index is 1.87. The second-order valence-corrected chi connectivity index (χ2v) is 6.18. The highest BCUT2D eigenvalue weighted by atomic mass is 32.1. The van der Waals surface area contributed by atoms with Crippen LogP contribution >= 0.6 is 11.3 Å². The molecule has 0 spiro atoms. The first-order chi connectivity index (χ1) is 7.66. The van der Waals surface area contributed by atoms with Gasteiger partial charge in [0.05, 0.1) is 11.2 Å². The number of thiazole rings is 1. The number of hydrogen-bond donors (Lipinski definition) is 1. The summed E-state index contributed by atoms with van der Waals surface area (Å²) in [6.45, 7) is 7.85. The van der Waals surface area contributed by atoms with E-state index < -0.39 is 0 Å². The van der Waals surface area contributed by atoms with Crippen molar-refractivity contribution >= 4 is 11.3 Å². The number of aryl methyl sites for hydroxylation is 1. The fourth-order valence-corrected chi connectivity index (χ4v) is 3.26. The van der Waals surface area contributed by atoms with Gasteiger partial charge in [0.25, 0.3) is 0 Å². The van der Waals surface area contributed by atoms with Crippen LogP contribution in [0, 0.1) is 18.8 Å². The van der Waals surface area contributed by atoms with E-state index in [1.165, 1.54) is 29.8 Å². The molecule has 1 N–H and O–H groups in total. The Morgan fingerprint density at radius 2 is 2.25 bits per heavy atom. The number of nitrogens with zero attached hydrogens (tertiary/aromatic N) is 1. The molecule has 1 aromatic rings. The molecule has 2 rings (SSSR count). The summed E-state index contributed by atoms with van der Waals surface area (Å²) < 4.78 is 0. The maximum absolute atomic E-state index is 4.29. The molecule has 1 aliphatic carbocycles. The molecule has 0 radical (unpaired) electrons. The van der Waals surface area contributed by atoms with Gasteiger partial charge in [0.2, 0.25) is 0 Å². The minimum absolute atomic E-state index is 0.699. The van der Waals surface area contributed by atoms with E-state index >= 15 is 0 Å². The molecular weight excluding hydrogens is 216 g/mol. The summed E-state index contributed by atoms with van der Waals surface area (Å²) in [6, 6.07) is 0.699. The second-order valence-electron chi connectivity index (χ2n) is 5.24. The fraction of sp³-hybridized carbons (Fsp3) is 0.769. The molecular formula is C13H22N2S. The fourth-order valence-electron chi connectivity index (χ4n) is 2.54. The topological polar surface area (TPSA) is 24.9 Å².